The third-order valence-electron chi connectivity index (χ3n) is 2.72. The van der Waals surface area contributed by atoms with E-state index in [0.717, 1.165) is 5.56 Å². The molecule has 18 heavy (non-hydrogen) atoms. The summed E-state index contributed by atoms with van der Waals surface area (Å²) < 4.78 is 12.8. The number of alkyl halides is 1. The van der Waals surface area contributed by atoms with Gasteiger partial charge in [-0.2, -0.15) is 0 Å². The molecule has 0 aliphatic carbocycles. The van der Waals surface area contributed by atoms with E-state index in [4.69, 9.17) is 11.6 Å². The van der Waals surface area contributed by atoms with Gasteiger partial charge in [-0.1, -0.05) is 32.9 Å². The third-order valence-corrected chi connectivity index (χ3v) is 3.57. The molecule has 0 fully saturated rings. The Morgan fingerprint density at radius 2 is 1.78 bits per heavy atom. The fraction of sp³-hybridized carbons (Fsp3) is 0.500. The zero-order valence-corrected chi connectivity index (χ0v) is 11.9. The molecule has 0 radical (unpaired) electrons. The summed E-state index contributed by atoms with van der Waals surface area (Å²) in [5.41, 5.74) is 0.552. The predicted molar refractivity (Wildman–Crippen MR) is 72.1 cm³/mol. The molecule has 0 saturated carbocycles. The molecule has 1 rings (SSSR count). The molecule has 0 saturated heterocycles. The van der Waals surface area contributed by atoms with Gasteiger partial charge in [-0.05, 0) is 30.0 Å². The first-order valence-electron chi connectivity index (χ1n) is 5.91. The number of hydrogen-bond acceptors (Lipinski definition) is 1. The molecule has 1 amide bonds. The number of amides is 1. The van der Waals surface area contributed by atoms with Crippen LogP contribution in [0.4, 0.5) is 4.39 Å². The SMILES string of the molecule is CC(NC(=O)C(Cl)C(C)(C)C)c1ccc(F)cc1. The highest BCUT2D eigenvalue weighted by molar-refractivity contribution is 6.31. The van der Waals surface area contributed by atoms with Crippen LogP contribution < -0.4 is 5.32 Å². The average Bonchev–Trinajstić information content (AvgIpc) is 2.27. The van der Waals surface area contributed by atoms with Crippen LogP contribution in [0.25, 0.3) is 0 Å². The molecule has 4 heteroatoms. The normalized spacial score (nSPS) is 15.0. The van der Waals surface area contributed by atoms with Gasteiger partial charge in [-0.3, -0.25) is 4.79 Å². The lowest BCUT2D eigenvalue weighted by Gasteiger charge is -2.26. The highest BCUT2D eigenvalue weighted by Crippen LogP contribution is 2.25. The quantitative estimate of drug-likeness (QED) is 0.836. The summed E-state index contributed by atoms with van der Waals surface area (Å²) in [5, 5.41) is 2.23. The van der Waals surface area contributed by atoms with Crippen molar-refractivity contribution in [2.24, 2.45) is 5.41 Å². The molecular weight excluding hydrogens is 253 g/mol. The molecule has 2 unspecified atom stereocenters. The molecule has 0 aromatic heterocycles. The Morgan fingerprint density at radius 3 is 2.22 bits per heavy atom. The summed E-state index contributed by atoms with van der Waals surface area (Å²) in [7, 11) is 0. The molecular formula is C14H19ClFNO. The lowest BCUT2D eigenvalue weighted by molar-refractivity contribution is -0.123. The van der Waals surface area contributed by atoms with Crippen molar-refractivity contribution in [2.45, 2.75) is 39.1 Å². The van der Waals surface area contributed by atoms with Crippen LogP contribution >= 0.6 is 11.6 Å². The first-order chi connectivity index (χ1) is 8.21. The number of hydrogen-bond donors (Lipinski definition) is 1. The minimum Gasteiger partial charge on any atom is -0.348 e. The maximum absolute atomic E-state index is 12.8. The monoisotopic (exact) mass is 271 g/mol. The lowest BCUT2D eigenvalue weighted by Crippen LogP contribution is -2.40. The van der Waals surface area contributed by atoms with Crippen molar-refractivity contribution in [1.82, 2.24) is 5.32 Å². The number of benzene rings is 1. The van der Waals surface area contributed by atoms with E-state index in [9.17, 15) is 9.18 Å². The molecule has 1 aromatic rings. The fourth-order valence-corrected chi connectivity index (χ4v) is 1.58. The van der Waals surface area contributed by atoms with Crippen LogP contribution in [0.1, 0.15) is 39.3 Å². The Bertz CT molecular complexity index is 411. The second-order valence-electron chi connectivity index (χ2n) is 5.51. The van der Waals surface area contributed by atoms with Gasteiger partial charge in [-0.15, -0.1) is 11.6 Å². The first-order valence-corrected chi connectivity index (χ1v) is 6.35. The Labute approximate surface area is 113 Å². The van der Waals surface area contributed by atoms with E-state index < -0.39 is 5.38 Å². The van der Waals surface area contributed by atoms with E-state index >= 15 is 0 Å². The minimum atomic E-state index is -0.597. The molecule has 100 valence electrons. The summed E-state index contributed by atoms with van der Waals surface area (Å²) in [5.74, 6) is -0.497. The Balaban J connectivity index is 2.68. The third kappa shape index (κ3) is 3.98. The van der Waals surface area contributed by atoms with Crippen molar-refractivity contribution in [3.05, 3.63) is 35.6 Å². The smallest absolute Gasteiger partial charge is 0.239 e. The Hall–Kier alpha value is -1.09. The molecule has 1 N–H and O–H groups in total. The van der Waals surface area contributed by atoms with Crippen molar-refractivity contribution in [2.75, 3.05) is 0 Å². The molecule has 0 spiro atoms. The van der Waals surface area contributed by atoms with E-state index in [0.29, 0.717) is 0 Å². The van der Waals surface area contributed by atoms with Crippen molar-refractivity contribution in [3.8, 4) is 0 Å². The van der Waals surface area contributed by atoms with E-state index in [1.165, 1.54) is 12.1 Å². The second-order valence-corrected chi connectivity index (χ2v) is 5.95. The van der Waals surface area contributed by atoms with E-state index in [1.54, 1.807) is 12.1 Å². The number of halogens is 2. The number of nitrogens with one attached hydrogen (secondary N) is 1. The zero-order valence-electron chi connectivity index (χ0n) is 11.1. The van der Waals surface area contributed by atoms with Crippen LogP contribution in [0.3, 0.4) is 0 Å². The highest BCUT2D eigenvalue weighted by atomic mass is 35.5. The molecule has 0 aliphatic rings. The van der Waals surface area contributed by atoms with Gasteiger partial charge in [0.05, 0.1) is 6.04 Å². The van der Waals surface area contributed by atoms with Crippen molar-refractivity contribution >= 4 is 17.5 Å². The topological polar surface area (TPSA) is 29.1 Å². The predicted octanol–water partition coefficient (Wildman–Crippen LogP) is 3.66. The van der Waals surface area contributed by atoms with Gasteiger partial charge < -0.3 is 5.32 Å². The molecule has 1 aromatic carbocycles. The number of carbonyl (C=O) groups excluding carboxylic acids is 1. The lowest BCUT2D eigenvalue weighted by atomic mass is 9.91. The van der Waals surface area contributed by atoms with E-state index in [2.05, 4.69) is 5.32 Å². The zero-order chi connectivity index (χ0) is 13.9. The van der Waals surface area contributed by atoms with Crippen LogP contribution in [-0.2, 0) is 4.79 Å². The largest absolute Gasteiger partial charge is 0.348 e. The highest BCUT2D eigenvalue weighted by Gasteiger charge is 2.29. The summed E-state index contributed by atoms with van der Waals surface area (Å²) in [6.45, 7) is 7.57. The van der Waals surface area contributed by atoms with Gasteiger partial charge in [0, 0.05) is 0 Å². The summed E-state index contributed by atoms with van der Waals surface area (Å²) >= 11 is 6.09. The van der Waals surface area contributed by atoms with Gasteiger partial charge in [0.25, 0.3) is 0 Å². The molecule has 2 atom stereocenters. The number of rotatable bonds is 3. The fourth-order valence-electron chi connectivity index (χ4n) is 1.51. The first kappa shape index (κ1) is 15.0. The summed E-state index contributed by atoms with van der Waals surface area (Å²) in [4.78, 5) is 11.9. The van der Waals surface area contributed by atoms with Gasteiger partial charge in [-0.25, -0.2) is 4.39 Å². The Morgan fingerprint density at radius 1 is 1.28 bits per heavy atom. The van der Waals surface area contributed by atoms with Crippen LogP contribution in [0, 0.1) is 11.2 Å². The molecule has 2 nitrogen and oxygen atoms in total. The van der Waals surface area contributed by atoms with Crippen molar-refractivity contribution in [3.63, 3.8) is 0 Å². The van der Waals surface area contributed by atoms with E-state index in [1.807, 2.05) is 27.7 Å². The maximum atomic E-state index is 12.8. The van der Waals surface area contributed by atoms with Gasteiger partial charge in [0.2, 0.25) is 5.91 Å². The van der Waals surface area contributed by atoms with Gasteiger partial charge in [0.15, 0.2) is 0 Å². The minimum absolute atomic E-state index is 0.193. The number of carbonyl (C=O) groups is 1. The summed E-state index contributed by atoms with van der Waals surface area (Å²) in [6, 6.07) is 5.86. The molecule has 0 aliphatic heterocycles. The Kier molecular flexibility index (Phi) is 4.74. The van der Waals surface area contributed by atoms with Crippen LogP contribution in [0.5, 0.6) is 0 Å². The van der Waals surface area contributed by atoms with Crippen molar-refractivity contribution < 1.29 is 9.18 Å². The van der Waals surface area contributed by atoms with Crippen molar-refractivity contribution in [1.29, 1.82) is 0 Å². The van der Waals surface area contributed by atoms with Gasteiger partial charge in [0.1, 0.15) is 11.2 Å². The maximum Gasteiger partial charge on any atom is 0.239 e. The summed E-state index contributed by atoms with van der Waals surface area (Å²) in [6.07, 6.45) is 0. The van der Waals surface area contributed by atoms with Crippen LogP contribution in [0.2, 0.25) is 0 Å². The average molecular weight is 272 g/mol. The standard InChI is InChI=1S/C14H19ClFNO/c1-9(10-5-7-11(16)8-6-10)17-13(18)12(15)14(2,3)4/h5-9,12H,1-4H3,(H,17,18). The van der Waals surface area contributed by atoms with Gasteiger partial charge >= 0.3 is 0 Å². The second kappa shape index (κ2) is 5.70. The van der Waals surface area contributed by atoms with E-state index in [-0.39, 0.29) is 23.2 Å². The van der Waals surface area contributed by atoms with Crippen LogP contribution in [-0.4, -0.2) is 11.3 Å². The van der Waals surface area contributed by atoms with Crippen LogP contribution in [0.15, 0.2) is 24.3 Å². The molecule has 0 heterocycles. The molecule has 0 bridgehead atoms.